The molecule has 0 aromatic rings. The van der Waals surface area contributed by atoms with E-state index >= 15 is 0 Å². The SMILES string of the molecule is CSCC(=O)NCC(Cl)C(C)C. The van der Waals surface area contributed by atoms with Crippen LogP contribution in [0.5, 0.6) is 0 Å². The molecule has 0 rings (SSSR count). The monoisotopic (exact) mass is 209 g/mol. The van der Waals surface area contributed by atoms with Crippen molar-refractivity contribution >= 4 is 29.3 Å². The minimum Gasteiger partial charge on any atom is -0.354 e. The highest BCUT2D eigenvalue weighted by molar-refractivity contribution is 7.99. The molecule has 0 aromatic carbocycles. The van der Waals surface area contributed by atoms with Gasteiger partial charge in [-0.3, -0.25) is 4.79 Å². The number of carbonyl (C=O) groups is 1. The molecule has 0 bridgehead atoms. The number of hydrogen-bond donors (Lipinski definition) is 1. The van der Waals surface area contributed by atoms with Crippen LogP contribution in [0.4, 0.5) is 0 Å². The zero-order valence-electron chi connectivity index (χ0n) is 7.76. The first kappa shape index (κ1) is 12.1. The van der Waals surface area contributed by atoms with Crippen LogP contribution in [0, 0.1) is 5.92 Å². The number of nitrogens with one attached hydrogen (secondary N) is 1. The lowest BCUT2D eigenvalue weighted by Crippen LogP contribution is -2.32. The third-order valence-corrected chi connectivity index (χ3v) is 2.70. The zero-order valence-corrected chi connectivity index (χ0v) is 9.34. The van der Waals surface area contributed by atoms with Crippen molar-refractivity contribution in [3.63, 3.8) is 0 Å². The highest BCUT2D eigenvalue weighted by atomic mass is 35.5. The van der Waals surface area contributed by atoms with E-state index in [4.69, 9.17) is 11.6 Å². The number of hydrogen-bond acceptors (Lipinski definition) is 2. The first-order chi connectivity index (χ1) is 5.57. The van der Waals surface area contributed by atoms with Gasteiger partial charge >= 0.3 is 0 Å². The smallest absolute Gasteiger partial charge is 0.230 e. The molecule has 0 aromatic heterocycles. The second-order valence-electron chi connectivity index (χ2n) is 3.00. The molecular formula is C8H16ClNOS. The Morgan fingerprint density at radius 2 is 2.17 bits per heavy atom. The Morgan fingerprint density at radius 3 is 2.58 bits per heavy atom. The van der Waals surface area contributed by atoms with Crippen LogP contribution in [0.2, 0.25) is 0 Å². The van der Waals surface area contributed by atoms with Crippen molar-refractivity contribution in [1.82, 2.24) is 5.32 Å². The lowest BCUT2D eigenvalue weighted by molar-refractivity contribution is -0.118. The summed E-state index contributed by atoms with van der Waals surface area (Å²) in [6.07, 6.45) is 1.90. The predicted molar refractivity (Wildman–Crippen MR) is 55.9 cm³/mol. The van der Waals surface area contributed by atoms with Crippen molar-refractivity contribution in [1.29, 1.82) is 0 Å². The molecule has 0 aliphatic rings. The number of alkyl halides is 1. The van der Waals surface area contributed by atoms with E-state index in [-0.39, 0.29) is 11.3 Å². The van der Waals surface area contributed by atoms with Crippen LogP contribution in [0.25, 0.3) is 0 Å². The molecule has 1 N–H and O–H groups in total. The van der Waals surface area contributed by atoms with E-state index in [0.717, 1.165) is 0 Å². The largest absolute Gasteiger partial charge is 0.354 e. The Kier molecular flexibility index (Phi) is 6.67. The molecule has 0 radical (unpaired) electrons. The third kappa shape index (κ3) is 5.72. The zero-order chi connectivity index (χ0) is 9.56. The number of rotatable bonds is 5. The summed E-state index contributed by atoms with van der Waals surface area (Å²) < 4.78 is 0. The molecule has 1 atom stereocenters. The van der Waals surface area contributed by atoms with Crippen molar-refractivity contribution in [2.24, 2.45) is 5.92 Å². The van der Waals surface area contributed by atoms with Crippen LogP contribution in [0.1, 0.15) is 13.8 Å². The maximum atomic E-state index is 11.0. The summed E-state index contributed by atoms with van der Waals surface area (Å²) in [4.78, 5) is 11.0. The second kappa shape index (κ2) is 6.61. The van der Waals surface area contributed by atoms with Gasteiger partial charge in [0.05, 0.1) is 11.1 Å². The predicted octanol–water partition coefficient (Wildman–Crippen LogP) is 1.73. The molecule has 72 valence electrons. The van der Waals surface area contributed by atoms with Gasteiger partial charge in [-0.25, -0.2) is 0 Å². The lowest BCUT2D eigenvalue weighted by Gasteiger charge is -2.13. The van der Waals surface area contributed by atoms with E-state index in [1.165, 1.54) is 11.8 Å². The topological polar surface area (TPSA) is 29.1 Å². The van der Waals surface area contributed by atoms with Gasteiger partial charge in [-0.1, -0.05) is 13.8 Å². The summed E-state index contributed by atoms with van der Waals surface area (Å²) in [5.74, 6) is 0.983. The van der Waals surface area contributed by atoms with Crippen LogP contribution in [-0.4, -0.2) is 29.8 Å². The molecule has 0 aliphatic heterocycles. The maximum Gasteiger partial charge on any atom is 0.230 e. The molecule has 0 saturated carbocycles. The Hall–Kier alpha value is 0.110. The van der Waals surface area contributed by atoms with Crippen LogP contribution in [0.15, 0.2) is 0 Å². The highest BCUT2D eigenvalue weighted by Gasteiger charge is 2.10. The molecule has 0 saturated heterocycles. The fourth-order valence-corrected chi connectivity index (χ4v) is 1.07. The van der Waals surface area contributed by atoms with E-state index in [1.54, 1.807) is 0 Å². The third-order valence-electron chi connectivity index (χ3n) is 1.49. The summed E-state index contributed by atoms with van der Waals surface area (Å²) in [7, 11) is 0. The molecule has 0 heterocycles. The normalized spacial score (nSPS) is 13.1. The highest BCUT2D eigenvalue weighted by Crippen LogP contribution is 2.07. The molecule has 1 amide bonds. The summed E-state index contributed by atoms with van der Waals surface area (Å²) in [5, 5.41) is 2.81. The minimum atomic E-state index is 0.0378. The van der Waals surface area contributed by atoms with Gasteiger partial charge in [0.15, 0.2) is 0 Å². The van der Waals surface area contributed by atoms with E-state index in [2.05, 4.69) is 5.32 Å². The summed E-state index contributed by atoms with van der Waals surface area (Å²) >= 11 is 7.45. The van der Waals surface area contributed by atoms with E-state index < -0.39 is 0 Å². The number of halogens is 1. The Labute approximate surface area is 83.4 Å². The van der Waals surface area contributed by atoms with Crippen molar-refractivity contribution in [2.75, 3.05) is 18.6 Å². The first-order valence-electron chi connectivity index (χ1n) is 3.97. The Balaban J connectivity index is 3.47. The molecule has 0 fully saturated rings. The fourth-order valence-electron chi connectivity index (χ4n) is 0.629. The van der Waals surface area contributed by atoms with E-state index in [1.807, 2.05) is 20.1 Å². The first-order valence-corrected chi connectivity index (χ1v) is 5.80. The summed E-state index contributed by atoms with van der Waals surface area (Å²) in [5.41, 5.74) is 0. The van der Waals surface area contributed by atoms with Gasteiger partial charge in [0.25, 0.3) is 0 Å². The quantitative estimate of drug-likeness (QED) is 0.699. The molecular weight excluding hydrogens is 194 g/mol. The van der Waals surface area contributed by atoms with Gasteiger partial charge in [0, 0.05) is 6.54 Å². The number of carbonyl (C=O) groups excluding carboxylic acids is 1. The summed E-state index contributed by atoms with van der Waals surface area (Å²) in [6.45, 7) is 4.65. The van der Waals surface area contributed by atoms with Crippen molar-refractivity contribution < 1.29 is 4.79 Å². The van der Waals surface area contributed by atoms with Gasteiger partial charge in [-0.15, -0.1) is 11.6 Å². The molecule has 2 nitrogen and oxygen atoms in total. The van der Waals surface area contributed by atoms with E-state index in [0.29, 0.717) is 18.2 Å². The number of thioether (sulfide) groups is 1. The standard InChI is InChI=1S/C8H16ClNOS/c1-6(2)7(9)4-10-8(11)5-12-3/h6-7H,4-5H2,1-3H3,(H,10,11). The lowest BCUT2D eigenvalue weighted by atomic mass is 10.1. The average Bonchev–Trinajstić information content (AvgIpc) is 2.00. The van der Waals surface area contributed by atoms with Gasteiger partial charge < -0.3 is 5.32 Å². The molecule has 4 heteroatoms. The summed E-state index contributed by atoms with van der Waals surface area (Å²) in [6, 6.07) is 0. The van der Waals surface area contributed by atoms with Crippen LogP contribution in [0.3, 0.4) is 0 Å². The molecule has 12 heavy (non-hydrogen) atoms. The van der Waals surface area contributed by atoms with Gasteiger partial charge in [-0.05, 0) is 12.2 Å². The Bertz CT molecular complexity index is 141. The molecule has 0 spiro atoms. The Morgan fingerprint density at radius 1 is 1.58 bits per heavy atom. The minimum absolute atomic E-state index is 0.0378. The fraction of sp³-hybridized carbons (Fsp3) is 0.875. The van der Waals surface area contributed by atoms with Gasteiger partial charge in [0.2, 0.25) is 5.91 Å². The van der Waals surface area contributed by atoms with Crippen LogP contribution in [-0.2, 0) is 4.79 Å². The molecule has 0 aliphatic carbocycles. The average molecular weight is 210 g/mol. The van der Waals surface area contributed by atoms with E-state index in [9.17, 15) is 4.79 Å². The van der Waals surface area contributed by atoms with Crippen molar-refractivity contribution in [3.05, 3.63) is 0 Å². The van der Waals surface area contributed by atoms with Gasteiger partial charge in [0.1, 0.15) is 0 Å². The van der Waals surface area contributed by atoms with Gasteiger partial charge in [-0.2, -0.15) is 11.8 Å². The van der Waals surface area contributed by atoms with Crippen LogP contribution >= 0.6 is 23.4 Å². The van der Waals surface area contributed by atoms with Crippen LogP contribution < -0.4 is 5.32 Å². The number of amides is 1. The van der Waals surface area contributed by atoms with Crippen molar-refractivity contribution in [3.8, 4) is 0 Å². The maximum absolute atomic E-state index is 11.0. The van der Waals surface area contributed by atoms with Crippen molar-refractivity contribution in [2.45, 2.75) is 19.2 Å². The second-order valence-corrected chi connectivity index (χ2v) is 4.42. The molecule has 1 unspecified atom stereocenters.